The highest BCUT2D eigenvalue weighted by Crippen LogP contribution is 2.33. The number of hydrogen-bond donors (Lipinski definition) is 1. The number of aromatic nitrogens is 1. The third-order valence-corrected chi connectivity index (χ3v) is 5.92. The molecule has 4 aromatic rings. The number of benzene rings is 2. The zero-order valence-electron chi connectivity index (χ0n) is 14.3. The van der Waals surface area contributed by atoms with Gasteiger partial charge in [-0.1, -0.05) is 42.5 Å². The molecule has 2 heterocycles. The third kappa shape index (κ3) is 3.96. The fourth-order valence-corrected chi connectivity index (χ4v) is 4.58. The van der Waals surface area contributed by atoms with Gasteiger partial charge in [-0.25, -0.2) is 4.39 Å². The van der Waals surface area contributed by atoms with Crippen molar-refractivity contribution in [2.75, 3.05) is 0 Å². The molecule has 0 saturated carbocycles. The maximum atomic E-state index is 13.2. The van der Waals surface area contributed by atoms with Crippen molar-refractivity contribution in [1.29, 1.82) is 0 Å². The summed E-state index contributed by atoms with van der Waals surface area (Å²) < 4.78 is 17.2. The molecule has 0 aliphatic rings. The van der Waals surface area contributed by atoms with E-state index in [0.29, 0.717) is 18.8 Å². The van der Waals surface area contributed by atoms with Crippen molar-refractivity contribution in [3.05, 3.63) is 93.2 Å². The average molecular weight is 443 g/mol. The quantitative estimate of drug-likeness (QED) is 0.429. The molecule has 136 valence electrons. The van der Waals surface area contributed by atoms with Gasteiger partial charge >= 0.3 is 0 Å². The highest BCUT2D eigenvalue weighted by Gasteiger charge is 2.18. The molecule has 6 heteroatoms. The molecule has 0 aliphatic carbocycles. The molecule has 3 nitrogen and oxygen atoms in total. The van der Waals surface area contributed by atoms with Crippen LogP contribution in [0.3, 0.4) is 0 Å². The molecule has 0 unspecified atom stereocenters. The molecule has 0 spiro atoms. The number of rotatable bonds is 5. The number of thiophene rings is 1. The third-order valence-electron chi connectivity index (χ3n) is 4.34. The number of carbonyl (C=O) groups excluding carboxylic acids is 1. The molecule has 0 bridgehead atoms. The van der Waals surface area contributed by atoms with Gasteiger partial charge in [-0.2, -0.15) is 0 Å². The van der Waals surface area contributed by atoms with Crippen LogP contribution < -0.4 is 5.32 Å². The standard InChI is InChI=1S/C21H16BrFN2OS/c22-20-11-17-19(27-20)10-18(21(26)24-12-14-4-2-1-3-5-14)25(17)13-15-6-8-16(23)9-7-15/h1-11H,12-13H2,(H,24,26). The Morgan fingerprint density at radius 1 is 1.04 bits per heavy atom. The van der Waals surface area contributed by atoms with E-state index in [-0.39, 0.29) is 11.7 Å². The second-order valence-electron chi connectivity index (χ2n) is 6.21. The first kappa shape index (κ1) is 17.9. The van der Waals surface area contributed by atoms with Gasteiger partial charge in [-0.15, -0.1) is 11.3 Å². The Labute approximate surface area is 168 Å². The fourth-order valence-electron chi connectivity index (χ4n) is 3.01. The summed E-state index contributed by atoms with van der Waals surface area (Å²) in [6.07, 6.45) is 0. The number of carbonyl (C=O) groups is 1. The van der Waals surface area contributed by atoms with Crippen LogP contribution in [0.1, 0.15) is 21.6 Å². The van der Waals surface area contributed by atoms with Crippen LogP contribution in [0.15, 0.2) is 70.5 Å². The topological polar surface area (TPSA) is 34.0 Å². The lowest BCUT2D eigenvalue weighted by molar-refractivity contribution is 0.0942. The second kappa shape index (κ2) is 7.66. The summed E-state index contributed by atoms with van der Waals surface area (Å²) in [6, 6.07) is 20.1. The zero-order valence-corrected chi connectivity index (χ0v) is 16.7. The molecule has 0 atom stereocenters. The lowest BCUT2D eigenvalue weighted by atomic mass is 10.2. The minimum atomic E-state index is -0.268. The molecule has 27 heavy (non-hydrogen) atoms. The SMILES string of the molecule is O=C(NCc1ccccc1)c1cc2sc(Br)cc2n1Cc1ccc(F)cc1. The Bertz CT molecular complexity index is 1090. The fraction of sp³-hybridized carbons (Fsp3) is 0.0952. The van der Waals surface area contributed by atoms with Gasteiger partial charge in [0.1, 0.15) is 11.5 Å². The van der Waals surface area contributed by atoms with E-state index in [9.17, 15) is 9.18 Å². The highest BCUT2D eigenvalue weighted by molar-refractivity contribution is 9.11. The molecule has 0 aliphatic heterocycles. The lowest BCUT2D eigenvalue weighted by Crippen LogP contribution is -2.25. The zero-order chi connectivity index (χ0) is 18.8. The van der Waals surface area contributed by atoms with Crippen molar-refractivity contribution in [2.24, 2.45) is 0 Å². The van der Waals surface area contributed by atoms with E-state index >= 15 is 0 Å². The van der Waals surface area contributed by atoms with Gasteiger partial charge in [0.15, 0.2) is 0 Å². The minimum Gasteiger partial charge on any atom is -0.347 e. The van der Waals surface area contributed by atoms with Crippen molar-refractivity contribution in [3.63, 3.8) is 0 Å². The molecule has 2 aromatic heterocycles. The van der Waals surface area contributed by atoms with E-state index in [2.05, 4.69) is 21.2 Å². The first-order valence-electron chi connectivity index (χ1n) is 8.45. The summed E-state index contributed by atoms with van der Waals surface area (Å²) in [5.74, 6) is -0.393. The summed E-state index contributed by atoms with van der Waals surface area (Å²) in [5, 5.41) is 2.99. The van der Waals surface area contributed by atoms with Crippen LogP contribution in [0.5, 0.6) is 0 Å². The van der Waals surface area contributed by atoms with E-state index in [1.807, 2.05) is 47.0 Å². The Morgan fingerprint density at radius 2 is 1.78 bits per heavy atom. The Hall–Kier alpha value is -2.44. The Morgan fingerprint density at radius 3 is 2.52 bits per heavy atom. The van der Waals surface area contributed by atoms with Crippen LogP contribution in [0.4, 0.5) is 4.39 Å². The molecule has 4 rings (SSSR count). The number of halogens is 2. The molecule has 2 aromatic carbocycles. The Balaban J connectivity index is 1.64. The molecule has 1 N–H and O–H groups in total. The van der Waals surface area contributed by atoms with Crippen molar-refractivity contribution in [1.82, 2.24) is 9.88 Å². The van der Waals surface area contributed by atoms with Gasteiger partial charge in [0.05, 0.1) is 14.0 Å². The molecular formula is C21H16BrFN2OS. The predicted octanol–water partition coefficient (Wildman–Crippen LogP) is 5.58. The van der Waals surface area contributed by atoms with Crippen molar-refractivity contribution in [3.8, 4) is 0 Å². The highest BCUT2D eigenvalue weighted by atomic mass is 79.9. The maximum absolute atomic E-state index is 13.2. The second-order valence-corrected chi connectivity index (χ2v) is 8.67. The van der Waals surface area contributed by atoms with E-state index in [1.54, 1.807) is 23.5 Å². The number of amides is 1. The minimum absolute atomic E-state index is 0.125. The summed E-state index contributed by atoms with van der Waals surface area (Å²) in [6.45, 7) is 0.972. The van der Waals surface area contributed by atoms with Crippen LogP contribution in [-0.2, 0) is 13.1 Å². The van der Waals surface area contributed by atoms with Crippen molar-refractivity contribution >= 4 is 43.4 Å². The van der Waals surface area contributed by atoms with Gasteiger partial charge in [0.25, 0.3) is 5.91 Å². The van der Waals surface area contributed by atoms with Crippen molar-refractivity contribution < 1.29 is 9.18 Å². The molecule has 0 radical (unpaired) electrons. The maximum Gasteiger partial charge on any atom is 0.268 e. The molecule has 1 amide bonds. The van der Waals surface area contributed by atoms with Crippen LogP contribution in [0.25, 0.3) is 10.2 Å². The number of hydrogen-bond acceptors (Lipinski definition) is 2. The monoisotopic (exact) mass is 442 g/mol. The van der Waals surface area contributed by atoms with Gasteiger partial charge in [-0.05, 0) is 51.3 Å². The van der Waals surface area contributed by atoms with Crippen LogP contribution in [-0.4, -0.2) is 10.5 Å². The van der Waals surface area contributed by atoms with Gasteiger partial charge in [0.2, 0.25) is 0 Å². The van der Waals surface area contributed by atoms with Crippen molar-refractivity contribution in [2.45, 2.75) is 13.1 Å². The smallest absolute Gasteiger partial charge is 0.268 e. The average Bonchev–Trinajstić information content (AvgIpc) is 3.19. The summed E-state index contributed by atoms with van der Waals surface area (Å²) in [4.78, 5) is 12.8. The number of fused-ring (bicyclic) bond motifs is 1. The van der Waals surface area contributed by atoms with Crippen LogP contribution in [0.2, 0.25) is 0 Å². The van der Waals surface area contributed by atoms with Gasteiger partial charge < -0.3 is 9.88 Å². The normalized spacial score (nSPS) is 11.0. The van der Waals surface area contributed by atoms with Gasteiger partial charge in [0, 0.05) is 13.1 Å². The Kier molecular flexibility index (Phi) is 5.09. The van der Waals surface area contributed by atoms with E-state index in [1.165, 1.54) is 12.1 Å². The largest absolute Gasteiger partial charge is 0.347 e. The van der Waals surface area contributed by atoms with Crippen LogP contribution >= 0.6 is 27.3 Å². The first-order chi connectivity index (χ1) is 13.1. The predicted molar refractivity (Wildman–Crippen MR) is 111 cm³/mol. The first-order valence-corrected chi connectivity index (χ1v) is 10.1. The molecule has 0 fully saturated rings. The van der Waals surface area contributed by atoms with E-state index < -0.39 is 0 Å². The summed E-state index contributed by atoms with van der Waals surface area (Å²) in [5.41, 5.74) is 3.57. The summed E-state index contributed by atoms with van der Waals surface area (Å²) in [7, 11) is 0. The molecular weight excluding hydrogens is 427 g/mol. The van der Waals surface area contributed by atoms with Gasteiger partial charge in [-0.3, -0.25) is 4.79 Å². The summed E-state index contributed by atoms with van der Waals surface area (Å²) >= 11 is 5.10. The lowest BCUT2D eigenvalue weighted by Gasteiger charge is -2.11. The van der Waals surface area contributed by atoms with E-state index in [4.69, 9.17) is 0 Å². The van der Waals surface area contributed by atoms with E-state index in [0.717, 1.165) is 25.1 Å². The number of nitrogens with zero attached hydrogens (tertiary/aromatic N) is 1. The number of nitrogens with one attached hydrogen (secondary N) is 1. The van der Waals surface area contributed by atoms with Crippen LogP contribution in [0, 0.1) is 5.82 Å². The molecule has 0 saturated heterocycles.